The Morgan fingerprint density at radius 3 is 1.74 bits per heavy atom. The zero-order valence-corrected chi connectivity index (χ0v) is 24.9. The summed E-state index contributed by atoms with van der Waals surface area (Å²) in [7, 11) is 0. The Hall–Kier alpha value is -6.37. The van der Waals surface area contributed by atoms with Gasteiger partial charge in [-0.25, -0.2) is 0 Å². The van der Waals surface area contributed by atoms with Crippen LogP contribution in [0.1, 0.15) is 5.56 Å². The first-order valence-corrected chi connectivity index (χ1v) is 15.5. The van der Waals surface area contributed by atoms with Crippen molar-refractivity contribution in [1.82, 2.24) is 9.13 Å². The fourth-order valence-electron chi connectivity index (χ4n) is 7.05. The van der Waals surface area contributed by atoms with Crippen LogP contribution < -0.4 is 0 Å². The van der Waals surface area contributed by atoms with Crippen molar-refractivity contribution in [3.63, 3.8) is 0 Å². The fraction of sp³-hybridized carbons (Fsp3) is 0. The summed E-state index contributed by atoms with van der Waals surface area (Å²) < 4.78 is 4.75. The number of para-hydroxylation sites is 4. The predicted octanol–water partition coefficient (Wildman–Crippen LogP) is 11.1. The topological polar surface area (TPSA) is 33.6 Å². The van der Waals surface area contributed by atoms with Crippen LogP contribution in [0.4, 0.5) is 0 Å². The minimum absolute atomic E-state index is 0.659. The number of hydrogen-bond donors (Lipinski definition) is 0. The first kappa shape index (κ1) is 26.1. The quantitative estimate of drug-likeness (QED) is 0.202. The summed E-state index contributed by atoms with van der Waals surface area (Å²) >= 11 is 0. The molecular weight excluding hydrogens is 558 g/mol. The van der Waals surface area contributed by atoms with Gasteiger partial charge in [0.15, 0.2) is 0 Å². The number of aromatic nitrogens is 2. The van der Waals surface area contributed by atoms with E-state index in [1.54, 1.807) is 0 Å². The van der Waals surface area contributed by atoms with Crippen molar-refractivity contribution < 1.29 is 0 Å². The van der Waals surface area contributed by atoms with Gasteiger partial charge in [0.25, 0.3) is 0 Å². The lowest BCUT2D eigenvalue weighted by atomic mass is 10.0. The molecule has 214 valence electrons. The third-order valence-corrected chi connectivity index (χ3v) is 9.16. The highest BCUT2D eigenvalue weighted by Gasteiger charge is 2.17. The van der Waals surface area contributed by atoms with Crippen molar-refractivity contribution in [2.24, 2.45) is 0 Å². The van der Waals surface area contributed by atoms with Crippen LogP contribution in [0, 0.1) is 11.3 Å². The van der Waals surface area contributed by atoms with Crippen LogP contribution in [-0.2, 0) is 0 Å². The van der Waals surface area contributed by atoms with Gasteiger partial charge in [0, 0.05) is 32.8 Å². The van der Waals surface area contributed by atoms with Gasteiger partial charge in [-0.1, -0.05) is 103 Å². The normalized spacial score (nSPS) is 11.5. The molecule has 2 aromatic heterocycles. The van der Waals surface area contributed by atoms with Gasteiger partial charge >= 0.3 is 0 Å². The molecule has 0 saturated carbocycles. The SMILES string of the molecule is N#Cc1ccc(-c2ccccc2-n2c3ccccc3c3ccc(-c4ccc5c(c4)c4ccccc4n5-c4ccccc4)cc32)cc1. The van der Waals surface area contributed by atoms with Gasteiger partial charge in [-0.2, -0.15) is 5.26 Å². The van der Waals surface area contributed by atoms with E-state index in [0.717, 1.165) is 33.5 Å². The molecule has 2 heterocycles. The van der Waals surface area contributed by atoms with Gasteiger partial charge in [-0.3, -0.25) is 0 Å². The summed E-state index contributed by atoms with van der Waals surface area (Å²) in [4.78, 5) is 0. The first-order chi connectivity index (χ1) is 22.8. The minimum Gasteiger partial charge on any atom is -0.309 e. The lowest BCUT2D eigenvalue weighted by Gasteiger charge is -2.14. The van der Waals surface area contributed by atoms with Crippen LogP contribution in [-0.4, -0.2) is 9.13 Å². The van der Waals surface area contributed by atoms with Crippen LogP contribution in [0.25, 0.3) is 77.2 Å². The lowest BCUT2D eigenvalue weighted by Crippen LogP contribution is -1.97. The molecular formula is C43H27N3. The molecule has 3 nitrogen and oxygen atoms in total. The highest BCUT2D eigenvalue weighted by Crippen LogP contribution is 2.39. The molecule has 0 unspecified atom stereocenters. The van der Waals surface area contributed by atoms with E-state index >= 15 is 0 Å². The molecule has 0 saturated heterocycles. The van der Waals surface area contributed by atoms with Crippen LogP contribution in [0.2, 0.25) is 0 Å². The molecule has 0 spiro atoms. The van der Waals surface area contributed by atoms with Gasteiger partial charge < -0.3 is 9.13 Å². The van der Waals surface area contributed by atoms with E-state index in [0.29, 0.717) is 5.56 Å². The van der Waals surface area contributed by atoms with Crippen LogP contribution in [0.15, 0.2) is 164 Å². The Morgan fingerprint density at radius 2 is 0.957 bits per heavy atom. The number of hydrogen-bond acceptors (Lipinski definition) is 1. The van der Waals surface area contributed by atoms with Crippen molar-refractivity contribution in [3.05, 3.63) is 169 Å². The molecule has 0 fully saturated rings. The zero-order chi connectivity index (χ0) is 30.6. The summed E-state index contributed by atoms with van der Waals surface area (Å²) in [5, 5.41) is 14.3. The second kappa shape index (κ2) is 10.4. The van der Waals surface area contributed by atoms with Crippen molar-refractivity contribution in [2.75, 3.05) is 0 Å². The molecule has 0 radical (unpaired) electrons. The molecule has 0 amide bonds. The van der Waals surface area contributed by atoms with Gasteiger partial charge in [0.05, 0.1) is 39.4 Å². The number of benzene rings is 7. The number of nitrogens with zero attached hydrogens (tertiary/aromatic N) is 3. The third-order valence-electron chi connectivity index (χ3n) is 9.16. The zero-order valence-electron chi connectivity index (χ0n) is 24.9. The summed E-state index contributed by atoms with van der Waals surface area (Å²) in [6, 6.07) is 60.3. The van der Waals surface area contributed by atoms with E-state index in [1.165, 1.54) is 43.7 Å². The van der Waals surface area contributed by atoms with Gasteiger partial charge in [0.1, 0.15) is 0 Å². The number of fused-ring (bicyclic) bond motifs is 6. The highest BCUT2D eigenvalue weighted by atomic mass is 15.0. The van der Waals surface area contributed by atoms with Gasteiger partial charge in [-0.15, -0.1) is 0 Å². The largest absolute Gasteiger partial charge is 0.309 e. The van der Waals surface area contributed by atoms with E-state index in [4.69, 9.17) is 0 Å². The van der Waals surface area contributed by atoms with Gasteiger partial charge in [0.2, 0.25) is 0 Å². The van der Waals surface area contributed by atoms with Crippen LogP contribution in [0.5, 0.6) is 0 Å². The summed E-state index contributed by atoms with van der Waals surface area (Å²) in [5.41, 5.74) is 12.2. The molecule has 0 aliphatic heterocycles. The molecule has 0 N–H and O–H groups in total. The summed E-state index contributed by atoms with van der Waals surface area (Å²) in [6.07, 6.45) is 0. The molecule has 0 atom stereocenters. The molecule has 0 bridgehead atoms. The molecule has 46 heavy (non-hydrogen) atoms. The van der Waals surface area contributed by atoms with E-state index in [2.05, 4.69) is 155 Å². The summed E-state index contributed by atoms with van der Waals surface area (Å²) in [5.74, 6) is 0. The Morgan fingerprint density at radius 1 is 0.391 bits per heavy atom. The molecule has 9 rings (SSSR count). The maximum Gasteiger partial charge on any atom is 0.0991 e. The maximum atomic E-state index is 9.37. The standard InChI is InChI=1S/C43H27N3/c44-28-29-18-20-30(21-19-29)34-12-4-7-15-39(34)46-41-17-9-5-13-35(41)37-24-22-32(27-43(37)46)31-23-25-42-38(26-31)36-14-6-8-16-40(36)45(42)33-10-2-1-3-11-33/h1-27H. The van der Waals surface area contributed by atoms with Crippen molar-refractivity contribution >= 4 is 43.6 Å². The van der Waals surface area contributed by atoms with Crippen molar-refractivity contribution in [2.45, 2.75) is 0 Å². The highest BCUT2D eigenvalue weighted by molar-refractivity contribution is 6.12. The molecule has 3 heteroatoms. The average Bonchev–Trinajstić information content (AvgIpc) is 3.64. The van der Waals surface area contributed by atoms with Crippen molar-refractivity contribution in [3.8, 4) is 39.7 Å². The first-order valence-electron chi connectivity index (χ1n) is 15.5. The minimum atomic E-state index is 0.659. The van der Waals surface area contributed by atoms with E-state index in [9.17, 15) is 5.26 Å². The third kappa shape index (κ3) is 3.98. The number of nitriles is 1. The Labute approximate surface area is 266 Å². The molecule has 7 aromatic carbocycles. The smallest absolute Gasteiger partial charge is 0.0991 e. The summed E-state index contributed by atoms with van der Waals surface area (Å²) in [6.45, 7) is 0. The fourth-order valence-corrected chi connectivity index (χ4v) is 7.05. The van der Waals surface area contributed by atoms with Crippen LogP contribution in [0.3, 0.4) is 0 Å². The second-order valence-electron chi connectivity index (χ2n) is 11.7. The molecule has 0 aliphatic rings. The molecule has 0 aliphatic carbocycles. The Bertz CT molecular complexity index is 2630. The van der Waals surface area contributed by atoms with E-state index in [-0.39, 0.29) is 0 Å². The average molecular weight is 586 g/mol. The van der Waals surface area contributed by atoms with E-state index in [1.807, 2.05) is 24.3 Å². The van der Waals surface area contributed by atoms with Gasteiger partial charge in [-0.05, 0) is 77.4 Å². The second-order valence-corrected chi connectivity index (χ2v) is 11.7. The van der Waals surface area contributed by atoms with Crippen molar-refractivity contribution in [1.29, 1.82) is 5.26 Å². The van der Waals surface area contributed by atoms with E-state index < -0.39 is 0 Å². The van der Waals surface area contributed by atoms with Crippen LogP contribution >= 0.6 is 0 Å². The Kier molecular flexibility index (Phi) is 5.88. The molecule has 9 aromatic rings. The lowest BCUT2D eigenvalue weighted by molar-refractivity contribution is 1.18. The monoisotopic (exact) mass is 585 g/mol. The maximum absolute atomic E-state index is 9.37. The predicted molar refractivity (Wildman–Crippen MR) is 191 cm³/mol. The number of rotatable bonds is 4. The Balaban J connectivity index is 1.27.